The summed E-state index contributed by atoms with van der Waals surface area (Å²) in [5, 5.41) is 0. The van der Waals surface area contributed by atoms with Gasteiger partial charge in [0.05, 0.1) is 18.4 Å². The van der Waals surface area contributed by atoms with Crippen molar-refractivity contribution < 1.29 is 23.9 Å². The molecule has 0 atom stereocenters. The van der Waals surface area contributed by atoms with Gasteiger partial charge in [-0.1, -0.05) is 12.1 Å². The maximum absolute atomic E-state index is 12.4. The van der Waals surface area contributed by atoms with Crippen LogP contribution in [0.5, 0.6) is 5.75 Å². The van der Waals surface area contributed by atoms with Crippen LogP contribution in [0.1, 0.15) is 20.7 Å². The molecule has 2 aromatic carbocycles. The molecule has 142 valence electrons. The van der Waals surface area contributed by atoms with Crippen molar-refractivity contribution in [3.05, 3.63) is 59.7 Å². The number of thioether (sulfide) groups is 1. The van der Waals surface area contributed by atoms with E-state index in [-0.39, 0.29) is 24.1 Å². The summed E-state index contributed by atoms with van der Waals surface area (Å²) in [7, 11) is 4.89. The third kappa shape index (κ3) is 5.86. The molecule has 0 unspecified atom stereocenters. The minimum atomic E-state index is -0.600. The molecule has 0 radical (unpaired) electrons. The number of carbonyl (C=O) groups excluding carboxylic acids is 3. The summed E-state index contributed by atoms with van der Waals surface area (Å²) >= 11 is 1.26. The van der Waals surface area contributed by atoms with Crippen LogP contribution < -0.4 is 4.74 Å². The third-order valence-electron chi connectivity index (χ3n) is 3.70. The number of methoxy groups -OCH3 is 1. The highest BCUT2D eigenvalue weighted by Crippen LogP contribution is 2.23. The number of ether oxygens (including phenoxy) is 2. The Bertz CT molecular complexity index is 817. The minimum Gasteiger partial charge on any atom is -0.497 e. The molecule has 6 nitrogen and oxygen atoms in total. The van der Waals surface area contributed by atoms with Gasteiger partial charge >= 0.3 is 5.97 Å². The molecule has 7 heteroatoms. The molecule has 0 saturated heterocycles. The number of hydrogen-bond acceptors (Lipinski definition) is 6. The molecule has 0 spiro atoms. The Balaban J connectivity index is 1.99. The molecule has 0 fully saturated rings. The second-order valence-corrected chi connectivity index (χ2v) is 6.82. The Labute approximate surface area is 162 Å². The monoisotopic (exact) mass is 387 g/mol. The molecule has 2 aromatic rings. The molecular formula is C20H21NO5S. The van der Waals surface area contributed by atoms with Crippen LogP contribution in [0.25, 0.3) is 0 Å². The van der Waals surface area contributed by atoms with Gasteiger partial charge in [0.1, 0.15) is 5.75 Å². The predicted molar refractivity (Wildman–Crippen MR) is 103 cm³/mol. The molecule has 0 aliphatic heterocycles. The summed E-state index contributed by atoms with van der Waals surface area (Å²) < 4.78 is 10.2. The van der Waals surface area contributed by atoms with Crippen molar-refractivity contribution in [3.8, 4) is 5.75 Å². The summed E-state index contributed by atoms with van der Waals surface area (Å²) in [6, 6.07) is 13.4. The van der Waals surface area contributed by atoms with Crippen LogP contribution in [0.4, 0.5) is 0 Å². The number of hydrogen-bond donors (Lipinski definition) is 0. The van der Waals surface area contributed by atoms with Crippen molar-refractivity contribution in [2.24, 2.45) is 0 Å². The quantitative estimate of drug-likeness (QED) is 0.394. The lowest BCUT2D eigenvalue weighted by atomic mass is 10.1. The van der Waals surface area contributed by atoms with Gasteiger partial charge in [-0.2, -0.15) is 0 Å². The molecule has 1 amide bonds. The van der Waals surface area contributed by atoms with Crippen LogP contribution >= 0.6 is 11.8 Å². The first-order chi connectivity index (χ1) is 12.9. The number of rotatable bonds is 8. The van der Waals surface area contributed by atoms with Gasteiger partial charge in [-0.25, -0.2) is 4.79 Å². The van der Waals surface area contributed by atoms with Crippen molar-refractivity contribution >= 4 is 29.4 Å². The van der Waals surface area contributed by atoms with E-state index < -0.39 is 5.97 Å². The predicted octanol–water partition coefficient (Wildman–Crippen LogP) is 2.92. The average Bonchev–Trinajstić information content (AvgIpc) is 2.70. The minimum absolute atomic E-state index is 0.0575. The van der Waals surface area contributed by atoms with E-state index in [9.17, 15) is 14.4 Å². The van der Waals surface area contributed by atoms with Crippen molar-refractivity contribution in [2.75, 3.05) is 33.6 Å². The zero-order valence-electron chi connectivity index (χ0n) is 15.4. The topological polar surface area (TPSA) is 72.9 Å². The van der Waals surface area contributed by atoms with Gasteiger partial charge in [0, 0.05) is 24.6 Å². The van der Waals surface area contributed by atoms with Gasteiger partial charge < -0.3 is 14.4 Å². The maximum atomic E-state index is 12.4. The number of nitrogens with zero attached hydrogens (tertiary/aromatic N) is 1. The molecule has 0 aliphatic carbocycles. The molecule has 0 bridgehead atoms. The summed E-state index contributed by atoms with van der Waals surface area (Å²) in [6.45, 7) is -0.360. The fourth-order valence-corrected chi connectivity index (χ4v) is 3.12. The molecular weight excluding hydrogens is 366 g/mol. The number of benzene rings is 2. The van der Waals surface area contributed by atoms with Crippen molar-refractivity contribution in [1.29, 1.82) is 0 Å². The molecule has 0 aromatic heterocycles. The van der Waals surface area contributed by atoms with Crippen molar-refractivity contribution in [1.82, 2.24) is 4.90 Å². The normalized spacial score (nSPS) is 10.2. The highest BCUT2D eigenvalue weighted by molar-refractivity contribution is 8.00. The van der Waals surface area contributed by atoms with Gasteiger partial charge in [-0.15, -0.1) is 11.8 Å². The van der Waals surface area contributed by atoms with E-state index in [4.69, 9.17) is 9.47 Å². The van der Waals surface area contributed by atoms with Crippen LogP contribution in [0.2, 0.25) is 0 Å². The zero-order chi connectivity index (χ0) is 19.8. The van der Waals surface area contributed by atoms with E-state index in [1.54, 1.807) is 69.7 Å². The third-order valence-corrected chi connectivity index (χ3v) is 4.76. The van der Waals surface area contributed by atoms with Gasteiger partial charge in [0.25, 0.3) is 0 Å². The van der Waals surface area contributed by atoms with E-state index in [0.29, 0.717) is 21.8 Å². The van der Waals surface area contributed by atoms with Crippen molar-refractivity contribution in [3.63, 3.8) is 0 Å². The first kappa shape index (κ1) is 20.5. The lowest BCUT2D eigenvalue weighted by molar-refractivity contribution is -0.125. The lowest BCUT2D eigenvalue weighted by Crippen LogP contribution is -2.23. The average molecular weight is 387 g/mol. The Hall–Kier alpha value is -2.80. The SMILES string of the molecule is COc1ccc(C(=O)COC(=O)c2ccccc2SCC(=O)N(C)C)cc1. The fourth-order valence-electron chi connectivity index (χ4n) is 2.10. The second kappa shape index (κ2) is 9.78. The second-order valence-electron chi connectivity index (χ2n) is 5.80. The summed E-state index contributed by atoms with van der Waals surface area (Å²) in [4.78, 5) is 38.4. The van der Waals surface area contributed by atoms with Crippen LogP contribution in [0, 0.1) is 0 Å². The van der Waals surface area contributed by atoms with Crippen LogP contribution in [0.15, 0.2) is 53.4 Å². The highest BCUT2D eigenvalue weighted by atomic mass is 32.2. The standard InChI is InChI=1S/C20H21NO5S/c1-21(2)19(23)13-27-18-7-5-4-6-16(18)20(24)26-12-17(22)14-8-10-15(25-3)11-9-14/h4-11H,12-13H2,1-3H3. The Morgan fingerprint density at radius 2 is 1.67 bits per heavy atom. The molecule has 0 heterocycles. The summed E-state index contributed by atoms with van der Waals surface area (Å²) in [6.07, 6.45) is 0. The Kier molecular flexibility index (Phi) is 7.43. The Morgan fingerprint density at radius 3 is 2.30 bits per heavy atom. The van der Waals surface area contributed by atoms with Crippen LogP contribution in [-0.4, -0.2) is 56.1 Å². The molecule has 27 heavy (non-hydrogen) atoms. The van der Waals surface area contributed by atoms with Crippen LogP contribution in [0.3, 0.4) is 0 Å². The van der Waals surface area contributed by atoms with E-state index in [1.807, 2.05) is 0 Å². The first-order valence-electron chi connectivity index (χ1n) is 8.18. The maximum Gasteiger partial charge on any atom is 0.339 e. The molecule has 2 rings (SSSR count). The first-order valence-corrected chi connectivity index (χ1v) is 9.17. The fraction of sp³-hybridized carbons (Fsp3) is 0.250. The van der Waals surface area contributed by atoms with E-state index in [0.717, 1.165) is 0 Å². The smallest absolute Gasteiger partial charge is 0.339 e. The van der Waals surface area contributed by atoms with E-state index >= 15 is 0 Å². The number of Topliss-reactive ketones (excluding diaryl/α,β-unsaturated/α-hetero) is 1. The molecule has 0 N–H and O–H groups in total. The van der Waals surface area contributed by atoms with Gasteiger partial charge in [-0.05, 0) is 36.4 Å². The summed E-state index contributed by atoms with van der Waals surface area (Å²) in [5.74, 6) is -0.113. The van der Waals surface area contributed by atoms with E-state index in [1.165, 1.54) is 16.7 Å². The highest BCUT2D eigenvalue weighted by Gasteiger charge is 2.16. The molecule has 0 aliphatic rings. The number of esters is 1. The van der Waals surface area contributed by atoms with Crippen LogP contribution in [-0.2, 0) is 9.53 Å². The largest absolute Gasteiger partial charge is 0.497 e. The van der Waals surface area contributed by atoms with Gasteiger partial charge in [0.2, 0.25) is 5.91 Å². The lowest BCUT2D eigenvalue weighted by Gasteiger charge is -2.12. The number of carbonyl (C=O) groups is 3. The summed E-state index contributed by atoms with van der Waals surface area (Å²) in [5.41, 5.74) is 0.763. The number of ketones is 1. The Morgan fingerprint density at radius 1 is 1.00 bits per heavy atom. The van der Waals surface area contributed by atoms with E-state index in [2.05, 4.69) is 0 Å². The molecule has 0 saturated carbocycles. The van der Waals surface area contributed by atoms with Crippen molar-refractivity contribution in [2.45, 2.75) is 4.90 Å². The zero-order valence-corrected chi connectivity index (χ0v) is 16.2. The van der Waals surface area contributed by atoms with Gasteiger partial charge in [0.15, 0.2) is 12.4 Å². The number of amides is 1. The van der Waals surface area contributed by atoms with Gasteiger partial charge in [-0.3, -0.25) is 9.59 Å².